The van der Waals surface area contributed by atoms with Gasteiger partial charge in [-0.2, -0.15) is 0 Å². The van der Waals surface area contributed by atoms with Crippen LogP contribution in [-0.4, -0.2) is 45.9 Å². The molecule has 7 nitrogen and oxygen atoms in total. The van der Waals surface area contributed by atoms with Crippen molar-refractivity contribution >= 4 is 33.5 Å². The Morgan fingerprint density at radius 3 is 1.67 bits per heavy atom. The van der Waals surface area contributed by atoms with Gasteiger partial charge in [-0.25, -0.2) is 18.0 Å². The monoisotopic (exact) mass is 566 g/mol. The summed E-state index contributed by atoms with van der Waals surface area (Å²) in [5.41, 5.74) is 2.52. The van der Waals surface area contributed by atoms with Crippen molar-refractivity contribution in [1.29, 1.82) is 0 Å². The molecule has 0 aliphatic heterocycles. The van der Waals surface area contributed by atoms with Crippen molar-refractivity contribution in [3.63, 3.8) is 0 Å². The maximum Gasteiger partial charge on any atom is 0.333 e. The van der Waals surface area contributed by atoms with Gasteiger partial charge in [-0.05, 0) is 73.5 Å². The number of carbonyl (C=O) groups is 2. The van der Waals surface area contributed by atoms with E-state index in [1.807, 2.05) is 24.3 Å². The first-order chi connectivity index (χ1) is 18.6. The van der Waals surface area contributed by atoms with E-state index in [0.717, 1.165) is 16.0 Å². The number of ether oxygens (including phenoxy) is 3. The third-order valence-electron chi connectivity index (χ3n) is 5.35. The van der Waals surface area contributed by atoms with Gasteiger partial charge in [0.15, 0.2) is 0 Å². The quantitative estimate of drug-likeness (QED) is 0.109. The van der Waals surface area contributed by atoms with E-state index in [9.17, 15) is 18.0 Å². The van der Waals surface area contributed by atoms with Crippen molar-refractivity contribution < 1.29 is 32.2 Å². The molecule has 0 aliphatic carbocycles. The van der Waals surface area contributed by atoms with Crippen molar-refractivity contribution in [1.82, 2.24) is 0 Å². The second-order valence-corrected chi connectivity index (χ2v) is 11.7. The largest absolute Gasteiger partial charge is 0.490 e. The summed E-state index contributed by atoms with van der Waals surface area (Å²) in [6, 6.07) is 20.7. The minimum Gasteiger partial charge on any atom is -0.490 e. The average molecular weight is 567 g/mol. The number of benzene rings is 3. The van der Waals surface area contributed by atoms with Gasteiger partial charge in [0, 0.05) is 21.8 Å². The van der Waals surface area contributed by atoms with E-state index in [-0.39, 0.29) is 23.0 Å². The van der Waals surface area contributed by atoms with Crippen LogP contribution in [0.15, 0.2) is 112 Å². The Kier molecular flexibility index (Phi) is 10.5. The van der Waals surface area contributed by atoms with Crippen molar-refractivity contribution in [3.05, 3.63) is 97.1 Å². The number of thioether (sulfide) groups is 1. The van der Waals surface area contributed by atoms with Gasteiger partial charge in [0.2, 0.25) is 9.84 Å². The minimum atomic E-state index is -3.71. The van der Waals surface area contributed by atoms with Crippen LogP contribution in [0.2, 0.25) is 0 Å². The minimum absolute atomic E-state index is 0.0621. The third-order valence-corrected chi connectivity index (χ3v) is 8.12. The lowest BCUT2D eigenvalue weighted by molar-refractivity contribution is -0.140. The van der Waals surface area contributed by atoms with Crippen LogP contribution < -0.4 is 4.74 Å². The van der Waals surface area contributed by atoms with Crippen LogP contribution in [0.1, 0.15) is 13.8 Å². The van der Waals surface area contributed by atoms with Gasteiger partial charge in [0.05, 0.1) is 9.79 Å². The van der Waals surface area contributed by atoms with Gasteiger partial charge in [0.25, 0.3) is 0 Å². The van der Waals surface area contributed by atoms with Crippen molar-refractivity contribution in [2.45, 2.75) is 28.5 Å². The van der Waals surface area contributed by atoms with Crippen molar-refractivity contribution in [3.8, 4) is 16.9 Å². The molecule has 0 saturated heterocycles. The molecule has 0 amide bonds. The number of hydrogen-bond donors (Lipinski definition) is 0. The maximum atomic E-state index is 13.1. The summed E-state index contributed by atoms with van der Waals surface area (Å²) in [5.74, 6) is 0.212. The molecule has 3 aromatic carbocycles. The molecule has 0 N–H and O–H groups in total. The molecule has 0 saturated carbocycles. The zero-order chi connectivity index (χ0) is 28.4. The molecule has 0 bridgehead atoms. The second-order valence-electron chi connectivity index (χ2n) is 8.55. The lowest BCUT2D eigenvalue weighted by atomic mass is 10.1. The van der Waals surface area contributed by atoms with Gasteiger partial charge >= 0.3 is 11.9 Å². The number of rotatable bonds is 13. The summed E-state index contributed by atoms with van der Waals surface area (Å²) in [6.07, 6.45) is 0. The van der Waals surface area contributed by atoms with Crippen LogP contribution in [0, 0.1) is 0 Å². The fourth-order valence-electron chi connectivity index (χ4n) is 3.26. The van der Waals surface area contributed by atoms with E-state index in [1.54, 1.807) is 62.0 Å². The summed E-state index contributed by atoms with van der Waals surface area (Å²) in [4.78, 5) is 24.2. The highest BCUT2D eigenvalue weighted by molar-refractivity contribution is 7.99. The van der Waals surface area contributed by atoms with E-state index < -0.39 is 21.8 Å². The predicted octanol–water partition coefficient (Wildman–Crippen LogP) is 5.90. The van der Waals surface area contributed by atoms with E-state index >= 15 is 0 Å². The van der Waals surface area contributed by atoms with Crippen LogP contribution in [-0.2, 0) is 28.9 Å². The van der Waals surface area contributed by atoms with E-state index in [1.165, 1.54) is 12.1 Å². The smallest absolute Gasteiger partial charge is 0.333 e. The van der Waals surface area contributed by atoms with Crippen LogP contribution in [0.3, 0.4) is 0 Å². The first-order valence-electron chi connectivity index (χ1n) is 12.0. The number of carbonyl (C=O) groups excluding carboxylic acids is 2. The first kappa shape index (κ1) is 29.7. The number of sulfone groups is 1. The summed E-state index contributed by atoms with van der Waals surface area (Å²) < 4.78 is 41.8. The maximum absolute atomic E-state index is 13.1. The molecular formula is C30H30O7S2. The molecule has 0 aromatic heterocycles. The van der Waals surface area contributed by atoms with Crippen LogP contribution in [0.4, 0.5) is 0 Å². The van der Waals surface area contributed by atoms with E-state index in [0.29, 0.717) is 29.3 Å². The van der Waals surface area contributed by atoms with Gasteiger partial charge in [-0.15, -0.1) is 11.8 Å². The highest BCUT2D eigenvalue weighted by Gasteiger charge is 2.18. The van der Waals surface area contributed by atoms with Gasteiger partial charge in [0.1, 0.15) is 25.6 Å². The summed E-state index contributed by atoms with van der Waals surface area (Å²) >= 11 is 1.57. The number of hydrogen-bond acceptors (Lipinski definition) is 8. The van der Waals surface area contributed by atoms with E-state index in [2.05, 4.69) is 13.2 Å². The molecule has 3 aromatic rings. The molecule has 39 heavy (non-hydrogen) atoms. The Bertz CT molecular complexity index is 1420. The van der Waals surface area contributed by atoms with Crippen LogP contribution in [0.5, 0.6) is 5.75 Å². The molecule has 0 heterocycles. The summed E-state index contributed by atoms with van der Waals surface area (Å²) in [6.45, 7) is 10.7. The van der Waals surface area contributed by atoms with Gasteiger partial charge in [-0.1, -0.05) is 37.4 Å². The first-order valence-corrected chi connectivity index (χ1v) is 14.5. The van der Waals surface area contributed by atoms with Crippen molar-refractivity contribution in [2.75, 3.05) is 25.6 Å². The Hall–Kier alpha value is -3.82. The van der Waals surface area contributed by atoms with Crippen LogP contribution in [0.25, 0.3) is 11.1 Å². The second kappa shape index (κ2) is 13.8. The molecule has 0 unspecified atom stereocenters. The van der Waals surface area contributed by atoms with E-state index in [4.69, 9.17) is 14.2 Å². The predicted molar refractivity (Wildman–Crippen MR) is 152 cm³/mol. The SMILES string of the molecule is C=C(C)C(=O)OCCOc1ccc(S(=O)(=O)c2ccc(-c3ccc(SCCOC(=O)C(=C)C)cc3)cc2)cc1. The molecule has 0 aliphatic rings. The van der Waals surface area contributed by atoms with Crippen molar-refractivity contribution in [2.24, 2.45) is 0 Å². The third kappa shape index (κ3) is 8.59. The molecular weight excluding hydrogens is 536 g/mol. The number of esters is 2. The highest BCUT2D eigenvalue weighted by Crippen LogP contribution is 2.28. The fraction of sp³-hybridized carbons (Fsp3) is 0.200. The summed E-state index contributed by atoms with van der Waals surface area (Å²) in [5, 5.41) is 0. The standard InChI is InChI=1S/C30H30O7S2/c1-21(2)29(31)36-18-17-35-25-9-15-28(16-10-25)39(33,34)27-13-7-24(8-14-27)23-5-11-26(12-6-23)38-20-19-37-30(32)22(3)4/h5-16H,1,3,17-20H2,2,4H3. The lowest BCUT2D eigenvalue weighted by Gasteiger charge is -2.10. The van der Waals surface area contributed by atoms with Gasteiger partial charge in [-0.3, -0.25) is 0 Å². The highest BCUT2D eigenvalue weighted by atomic mass is 32.2. The topological polar surface area (TPSA) is 96.0 Å². The molecule has 204 valence electrons. The normalized spacial score (nSPS) is 10.9. The van der Waals surface area contributed by atoms with Gasteiger partial charge < -0.3 is 14.2 Å². The zero-order valence-electron chi connectivity index (χ0n) is 21.8. The zero-order valence-corrected chi connectivity index (χ0v) is 23.5. The summed E-state index contributed by atoms with van der Waals surface area (Å²) in [7, 11) is -3.71. The molecule has 3 rings (SSSR count). The molecule has 9 heteroatoms. The van der Waals surface area contributed by atoms with Crippen LogP contribution >= 0.6 is 11.8 Å². The lowest BCUT2D eigenvalue weighted by Crippen LogP contribution is -2.12. The average Bonchev–Trinajstić information content (AvgIpc) is 2.93. The molecule has 0 atom stereocenters. The molecule has 0 spiro atoms. The fourth-order valence-corrected chi connectivity index (χ4v) is 5.25. The molecule has 0 radical (unpaired) electrons. The molecule has 0 fully saturated rings. The Labute approximate surface area is 233 Å². The Morgan fingerprint density at radius 1 is 0.692 bits per heavy atom. The Morgan fingerprint density at radius 2 is 1.15 bits per heavy atom. The Balaban J connectivity index is 1.56.